The monoisotopic (exact) mass is 268 g/mol. The molecule has 0 aliphatic carbocycles. The Labute approximate surface area is 110 Å². The largest absolute Gasteiger partial charge is 0.281 e. The summed E-state index contributed by atoms with van der Waals surface area (Å²) < 4.78 is 0. The molecule has 0 heterocycles. The molecular weight excluding hydrogens is 248 g/mol. The van der Waals surface area contributed by atoms with Gasteiger partial charge in [-0.1, -0.05) is 50.0 Å². The van der Waals surface area contributed by atoms with E-state index in [9.17, 15) is 4.79 Å². The number of carbonyl (C=O) groups excluding carboxylic acids is 1. The van der Waals surface area contributed by atoms with Crippen molar-refractivity contribution in [3.63, 3.8) is 0 Å². The van der Waals surface area contributed by atoms with Gasteiger partial charge in [-0.2, -0.15) is 0 Å². The van der Waals surface area contributed by atoms with E-state index >= 15 is 0 Å². The molecule has 0 aliphatic rings. The van der Waals surface area contributed by atoms with Crippen molar-refractivity contribution in [3.8, 4) is 0 Å². The number of hydrogen-bond acceptors (Lipinski definition) is 1. The van der Waals surface area contributed by atoms with Crippen LogP contribution in [0.3, 0.4) is 0 Å². The molecule has 94 valence electrons. The highest BCUT2D eigenvalue weighted by Crippen LogP contribution is 2.15. The predicted molar refractivity (Wildman–Crippen MR) is 77.5 cm³/mol. The minimum atomic E-state index is -0.946. The number of carbonyl (C=O) groups is 1. The molecule has 0 fully saturated rings. The van der Waals surface area contributed by atoms with Gasteiger partial charge in [-0.3, -0.25) is 4.79 Å². The fourth-order valence-corrected chi connectivity index (χ4v) is 2.77. The van der Waals surface area contributed by atoms with Gasteiger partial charge in [0.05, 0.1) is 0 Å². The molecule has 0 radical (unpaired) electrons. The quantitative estimate of drug-likeness (QED) is 0.556. The van der Waals surface area contributed by atoms with Crippen LogP contribution in [0.1, 0.15) is 17.5 Å². The minimum absolute atomic E-state index is 0.257. The molecule has 1 aromatic carbocycles. The number of rotatable bonds is 6. The first-order valence-electron chi connectivity index (χ1n) is 6.13. The van der Waals surface area contributed by atoms with Gasteiger partial charge in [-0.05, 0) is 35.6 Å². The molecule has 0 N–H and O–H groups in total. The Morgan fingerprint density at radius 1 is 1.06 bits per heavy atom. The second-order valence-electron chi connectivity index (χ2n) is 5.73. The van der Waals surface area contributed by atoms with Gasteiger partial charge in [-0.15, -0.1) is 0 Å². The highest BCUT2D eigenvalue weighted by molar-refractivity contribution is 6.76. The second-order valence-corrected chi connectivity index (χ2v) is 11.8. The molecule has 3 heteroatoms. The highest BCUT2D eigenvalue weighted by Gasteiger charge is 2.12. The zero-order valence-corrected chi connectivity index (χ0v) is 12.7. The smallest absolute Gasteiger partial charge is 0.221 e. The van der Waals surface area contributed by atoms with Crippen LogP contribution < -0.4 is 0 Å². The van der Waals surface area contributed by atoms with Crippen LogP contribution >= 0.6 is 11.6 Å². The number of halogens is 1. The molecule has 0 saturated carbocycles. The molecule has 0 atom stereocenters. The first kappa shape index (κ1) is 14.5. The Hall–Kier alpha value is -0.603. The number of hydrogen-bond donors (Lipinski definition) is 0. The molecule has 1 rings (SSSR count). The van der Waals surface area contributed by atoms with Crippen LogP contribution in [0.2, 0.25) is 25.7 Å². The van der Waals surface area contributed by atoms with Gasteiger partial charge < -0.3 is 0 Å². The Morgan fingerprint density at radius 3 is 1.94 bits per heavy atom. The molecule has 0 aromatic heterocycles. The molecule has 0 unspecified atom stereocenters. The SMILES string of the molecule is C[Si](C)(C)CCc1ccc(CCC(=O)Cl)cc1. The summed E-state index contributed by atoms with van der Waals surface area (Å²) >= 11 is 5.32. The van der Waals surface area contributed by atoms with E-state index in [1.54, 1.807) is 0 Å². The standard InChI is InChI=1S/C14H21ClOSi/c1-17(2,3)11-10-13-6-4-12(5-7-13)8-9-14(15)16/h4-7H,8-11H2,1-3H3. The van der Waals surface area contributed by atoms with Crippen LogP contribution in [-0.4, -0.2) is 13.3 Å². The minimum Gasteiger partial charge on any atom is -0.281 e. The maximum absolute atomic E-state index is 10.7. The summed E-state index contributed by atoms with van der Waals surface area (Å²) in [6.07, 6.45) is 2.34. The van der Waals surface area contributed by atoms with Gasteiger partial charge in [0.25, 0.3) is 0 Å². The van der Waals surface area contributed by atoms with E-state index in [0.717, 1.165) is 6.42 Å². The highest BCUT2D eigenvalue weighted by atomic mass is 35.5. The van der Waals surface area contributed by atoms with E-state index in [1.165, 1.54) is 23.6 Å². The topological polar surface area (TPSA) is 17.1 Å². The lowest BCUT2D eigenvalue weighted by Crippen LogP contribution is -2.19. The predicted octanol–water partition coefficient (Wildman–Crippen LogP) is 4.27. The fraction of sp³-hybridized carbons (Fsp3) is 0.500. The summed E-state index contributed by atoms with van der Waals surface area (Å²) in [5.41, 5.74) is 2.59. The van der Waals surface area contributed by atoms with Crippen molar-refractivity contribution in [2.24, 2.45) is 0 Å². The molecule has 0 amide bonds. The van der Waals surface area contributed by atoms with Gasteiger partial charge in [0.15, 0.2) is 0 Å². The van der Waals surface area contributed by atoms with Crippen LogP contribution in [-0.2, 0) is 17.6 Å². The van der Waals surface area contributed by atoms with E-state index in [4.69, 9.17) is 11.6 Å². The van der Waals surface area contributed by atoms with Crippen molar-refractivity contribution in [1.82, 2.24) is 0 Å². The van der Waals surface area contributed by atoms with Gasteiger partial charge in [0.1, 0.15) is 0 Å². The zero-order chi connectivity index (χ0) is 12.9. The number of aryl methyl sites for hydroxylation is 2. The van der Waals surface area contributed by atoms with E-state index in [1.807, 2.05) is 0 Å². The normalized spacial score (nSPS) is 11.5. The average molecular weight is 269 g/mol. The van der Waals surface area contributed by atoms with Crippen LogP contribution in [0, 0.1) is 0 Å². The van der Waals surface area contributed by atoms with E-state index in [-0.39, 0.29) is 5.24 Å². The Kier molecular flexibility index (Phi) is 5.41. The van der Waals surface area contributed by atoms with E-state index in [2.05, 4.69) is 43.9 Å². The lowest BCUT2D eigenvalue weighted by atomic mass is 10.1. The second kappa shape index (κ2) is 6.36. The maximum Gasteiger partial charge on any atom is 0.221 e. The third kappa shape index (κ3) is 6.64. The van der Waals surface area contributed by atoms with Crippen molar-refractivity contribution in [2.75, 3.05) is 0 Å². The number of benzene rings is 1. The summed E-state index contributed by atoms with van der Waals surface area (Å²) in [6.45, 7) is 7.19. The Morgan fingerprint density at radius 2 is 1.53 bits per heavy atom. The maximum atomic E-state index is 10.7. The third-order valence-electron chi connectivity index (χ3n) is 2.80. The first-order chi connectivity index (χ1) is 7.87. The Balaban J connectivity index is 2.47. The van der Waals surface area contributed by atoms with Crippen molar-refractivity contribution < 1.29 is 4.79 Å². The molecule has 1 nitrogen and oxygen atoms in total. The van der Waals surface area contributed by atoms with Gasteiger partial charge >= 0.3 is 0 Å². The summed E-state index contributed by atoms with van der Waals surface area (Å²) in [7, 11) is -0.946. The van der Waals surface area contributed by atoms with Crippen LogP contribution in [0.5, 0.6) is 0 Å². The van der Waals surface area contributed by atoms with Gasteiger partial charge in [0.2, 0.25) is 5.24 Å². The zero-order valence-electron chi connectivity index (χ0n) is 10.9. The van der Waals surface area contributed by atoms with Crippen molar-refractivity contribution in [2.45, 2.75) is 44.9 Å². The Bertz CT molecular complexity index is 365. The van der Waals surface area contributed by atoms with E-state index in [0.29, 0.717) is 6.42 Å². The van der Waals surface area contributed by atoms with Crippen molar-refractivity contribution in [3.05, 3.63) is 35.4 Å². The van der Waals surface area contributed by atoms with Crippen LogP contribution in [0.4, 0.5) is 0 Å². The van der Waals surface area contributed by atoms with Crippen LogP contribution in [0.15, 0.2) is 24.3 Å². The molecular formula is C14H21ClOSi. The summed E-state index contributed by atoms with van der Waals surface area (Å²) in [5, 5.41) is -0.257. The average Bonchev–Trinajstić information content (AvgIpc) is 2.24. The molecule has 0 bridgehead atoms. The lowest BCUT2D eigenvalue weighted by Gasteiger charge is -2.15. The third-order valence-corrected chi connectivity index (χ3v) is 4.74. The fourth-order valence-electron chi connectivity index (χ4n) is 1.63. The molecule has 17 heavy (non-hydrogen) atoms. The lowest BCUT2D eigenvalue weighted by molar-refractivity contribution is -0.111. The van der Waals surface area contributed by atoms with Crippen LogP contribution in [0.25, 0.3) is 0 Å². The van der Waals surface area contributed by atoms with Crippen molar-refractivity contribution in [1.29, 1.82) is 0 Å². The molecule has 0 saturated heterocycles. The first-order valence-corrected chi connectivity index (χ1v) is 10.2. The molecule has 0 aliphatic heterocycles. The van der Waals surface area contributed by atoms with Gasteiger partial charge in [-0.25, -0.2) is 0 Å². The summed E-state index contributed by atoms with van der Waals surface area (Å²) in [4.78, 5) is 10.7. The van der Waals surface area contributed by atoms with Gasteiger partial charge in [0, 0.05) is 14.5 Å². The molecule has 1 aromatic rings. The van der Waals surface area contributed by atoms with E-state index < -0.39 is 8.07 Å². The summed E-state index contributed by atoms with van der Waals surface area (Å²) in [5.74, 6) is 0. The molecule has 0 spiro atoms. The van der Waals surface area contributed by atoms with Crippen molar-refractivity contribution >= 4 is 24.9 Å². The summed E-state index contributed by atoms with van der Waals surface area (Å²) in [6, 6.07) is 9.90.